The van der Waals surface area contributed by atoms with Gasteiger partial charge in [-0.25, -0.2) is 4.98 Å². The maximum Gasteiger partial charge on any atom is 0.254 e. The monoisotopic (exact) mass is 265 g/mol. The zero-order valence-electron chi connectivity index (χ0n) is 11.3. The quantitative estimate of drug-likeness (QED) is 0.774. The van der Waals surface area contributed by atoms with E-state index in [4.69, 9.17) is 0 Å². The van der Waals surface area contributed by atoms with E-state index in [-0.39, 0.29) is 0 Å². The summed E-state index contributed by atoms with van der Waals surface area (Å²) in [6, 6.07) is 8.26. The lowest BCUT2D eigenvalue weighted by Crippen LogP contribution is -2.07. The first kappa shape index (κ1) is 11.4. The molecule has 0 saturated carbocycles. The number of anilines is 2. The lowest BCUT2D eigenvalue weighted by Gasteiger charge is -2.14. The molecule has 0 unspecified atom stereocenters. The fraction of sp³-hybridized carbons (Fsp3) is 0.267. The number of fused-ring (bicyclic) bond motifs is 2. The third kappa shape index (κ3) is 1.66. The van der Waals surface area contributed by atoms with Crippen LogP contribution in [0.4, 0.5) is 11.5 Å². The smallest absolute Gasteiger partial charge is 0.254 e. The Kier molecular flexibility index (Phi) is 2.45. The number of aromatic nitrogens is 4. The highest BCUT2D eigenvalue weighted by Crippen LogP contribution is 2.30. The van der Waals surface area contributed by atoms with Gasteiger partial charge in [0, 0.05) is 11.3 Å². The minimum Gasteiger partial charge on any atom is -0.340 e. The maximum atomic E-state index is 4.59. The summed E-state index contributed by atoms with van der Waals surface area (Å²) in [5.41, 5.74) is 4.74. The maximum absolute atomic E-state index is 4.59. The van der Waals surface area contributed by atoms with Crippen molar-refractivity contribution in [2.75, 3.05) is 5.32 Å². The molecular weight excluding hydrogens is 250 g/mol. The Balaban J connectivity index is 1.91. The summed E-state index contributed by atoms with van der Waals surface area (Å²) in [6.07, 6.45) is 4.78. The van der Waals surface area contributed by atoms with Crippen molar-refractivity contribution in [1.82, 2.24) is 19.6 Å². The number of nitrogens with zero attached hydrogens (tertiary/aromatic N) is 4. The summed E-state index contributed by atoms with van der Waals surface area (Å²) in [6.45, 7) is 2.10. The van der Waals surface area contributed by atoms with Gasteiger partial charge in [0.15, 0.2) is 0 Å². The van der Waals surface area contributed by atoms with E-state index >= 15 is 0 Å². The molecule has 0 radical (unpaired) electrons. The van der Waals surface area contributed by atoms with Crippen molar-refractivity contribution in [2.24, 2.45) is 0 Å². The number of rotatable bonds is 2. The molecule has 1 aliphatic carbocycles. The van der Waals surface area contributed by atoms with Crippen LogP contribution in [0.5, 0.6) is 0 Å². The molecule has 0 atom stereocenters. The van der Waals surface area contributed by atoms with Gasteiger partial charge in [-0.2, -0.15) is 14.6 Å². The average Bonchev–Trinajstić information content (AvgIpc) is 3.09. The van der Waals surface area contributed by atoms with Crippen molar-refractivity contribution in [2.45, 2.75) is 26.2 Å². The second-order valence-corrected chi connectivity index (χ2v) is 5.15. The van der Waals surface area contributed by atoms with Crippen LogP contribution in [0.3, 0.4) is 0 Å². The predicted molar refractivity (Wildman–Crippen MR) is 77.3 cm³/mol. The van der Waals surface area contributed by atoms with Crippen LogP contribution in [0, 0.1) is 6.92 Å². The first-order chi connectivity index (χ1) is 9.83. The average molecular weight is 265 g/mol. The minimum atomic E-state index is 0.668. The van der Waals surface area contributed by atoms with Crippen molar-refractivity contribution in [3.63, 3.8) is 0 Å². The Labute approximate surface area is 116 Å². The van der Waals surface area contributed by atoms with Gasteiger partial charge in [-0.1, -0.05) is 18.2 Å². The molecule has 0 fully saturated rings. The number of hydrogen-bond donors (Lipinski definition) is 1. The van der Waals surface area contributed by atoms with E-state index in [1.807, 2.05) is 12.1 Å². The number of aryl methyl sites for hydroxylation is 2. The molecule has 0 aliphatic heterocycles. The Morgan fingerprint density at radius 1 is 1.20 bits per heavy atom. The number of nitrogens with one attached hydrogen (secondary N) is 1. The fourth-order valence-electron chi connectivity index (χ4n) is 2.79. The van der Waals surface area contributed by atoms with Gasteiger partial charge in [-0.3, -0.25) is 0 Å². The van der Waals surface area contributed by atoms with Crippen LogP contribution >= 0.6 is 0 Å². The third-order valence-electron chi connectivity index (χ3n) is 3.85. The van der Waals surface area contributed by atoms with Gasteiger partial charge in [0.2, 0.25) is 0 Å². The van der Waals surface area contributed by atoms with Crippen molar-refractivity contribution in [3.8, 4) is 0 Å². The Hall–Kier alpha value is -2.43. The highest BCUT2D eigenvalue weighted by atomic mass is 15.4. The van der Waals surface area contributed by atoms with E-state index in [0.717, 1.165) is 36.5 Å². The van der Waals surface area contributed by atoms with E-state index in [1.165, 1.54) is 11.1 Å². The topological polar surface area (TPSA) is 55.1 Å². The molecule has 2 heterocycles. The standard InChI is InChI=1S/C15H15N5/c1-10-5-2-3-7-12(10)18-14-11-6-4-8-13(11)19-15-16-9-17-20(14)15/h2-3,5,7,9,18H,4,6,8H2,1H3. The largest absolute Gasteiger partial charge is 0.340 e. The summed E-state index contributed by atoms with van der Waals surface area (Å²) in [5, 5.41) is 7.82. The van der Waals surface area contributed by atoms with Crippen LogP contribution in [0.2, 0.25) is 0 Å². The zero-order valence-corrected chi connectivity index (χ0v) is 11.3. The van der Waals surface area contributed by atoms with Gasteiger partial charge >= 0.3 is 0 Å². The summed E-state index contributed by atoms with van der Waals surface area (Å²) >= 11 is 0. The molecule has 5 nitrogen and oxygen atoms in total. The Bertz CT molecular complexity index is 790. The Morgan fingerprint density at radius 3 is 3.00 bits per heavy atom. The molecule has 4 rings (SSSR count). The van der Waals surface area contributed by atoms with Gasteiger partial charge in [0.05, 0.1) is 5.69 Å². The Morgan fingerprint density at radius 2 is 2.10 bits per heavy atom. The molecule has 5 heteroatoms. The molecule has 1 aromatic carbocycles. The van der Waals surface area contributed by atoms with Crippen molar-refractivity contribution >= 4 is 17.3 Å². The van der Waals surface area contributed by atoms with E-state index in [9.17, 15) is 0 Å². The number of hydrogen-bond acceptors (Lipinski definition) is 4. The minimum absolute atomic E-state index is 0.668. The van der Waals surface area contributed by atoms with E-state index in [1.54, 1.807) is 10.8 Å². The van der Waals surface area contributed by atoms with Crippen molar-refractivity contribution < 1.29 is 0 Å². The van der Waals surface area contributed by atoms with Gasteiger partial charge < -0.3 is 5.32 Å². The van der Waals surface area contributed by atoms with Crippen molar-refractivity contribution in [1.29, 1.82) is 0 Å². The predicted octanol–water partition coefficient (Wildman–Crippen LogP) is 2.67. The molecular formula is C15H15N5. The first-order valence-corrected chi connectivity index (χ1v) is 6.87. The highest BCUT2D eigenvalue weighted by molar-refractivity contribution is 5.66. The molecule has 0 bridgehead atoms. The molecule has 0 amide bonds. The van der Waals surface area contributed by atoms with Crippen LogP contribution in [0.25, 0.3) is 5.78 Å². The summed E-state index contributed by atoms with van der Waals surface area (Å²) < 4.78 is 1.80. The fourth-order valence-corrected chi connectivity index (χ4v) is 2.79. The molecule has 0 spiro atoms. The van der Waals surface area contributed by atoms with Gasteiger partial charge in [0.25, 0.3) is 5.78 Å². The zero-order chi connectivity index (χ0) is 13.5. The van der Waals surface area contributed by atoms with Crippen LogP contribution in [0.1, 0.15) is 23.2 Å². The van der Waals surface area contributed by atoms with Gasteiger partial charge in [0.1, 0.15) is 12.1 Å². The lowest BCUT2D eigenvalue weighted by molar-refractivity contribution is 0.900. The van der Waals surface area contributed by atoms with E-state index < -0.39 is 0 Å². The van der Waals surface area contributed by atoms with E-state index in [2.05, 4.69) is 39.4 Å². The van der Waals surface area contributed by atoms with Crippen molar-refractivity contribution in [3.05, 3.63) is 47.4 Å². The highest BCUT2D eigenvalue weighted by Gasteiger charge is 2.21. The molecule has 20 heavy (non-hydrogen) atoms. The van der Waals surface area contributed by atoms with E-state index in [0.29, 0.717) is 5.78 Å². The second-order valence-electron chi connectivity index (χ2n) is 5.15. The van der Waals surface area contributed by atoms with Gasteiger partial charge in [-0.05, 0) is 37.8 Å². The molecule has 1 aliphatic rings. The molecule has 2 aromatic heterocycles. The van der Waals surface area contributed by atoms with Crippen LogP contribution in [-0.4, -0.2) is 19.6 Å². The molecule has 1 N–H and O–H groups in total. The summed E-state index contributed by atoms with van der Waals surface area (Å²) in [5.74, 6) is 1.68. The molecule has 0 saturated heterocycles. The van der Waals surface area contributed by atoms with Gasteiger partial charge in [-0.15, -0.1) is 0 Å². The third-order valence-corrected chi connectivity index (χ3v) is 3.85. The summed E-state index contributed by atoms with van der Waals surface area (Å²) in [7, 11) is 0. The molecule has 100 valence electrons. The number of benzene rings is 1. The van der Waals surface area contributed by atoms with Crippen LogP contribution < -0.4 is 5.32 Å². The second kappa shape index (κ2) is 4.30. The normalized spacial score (nSPS) is 13.7. The lowest BCUT2D eigenvalue weighted by atomic mass is 10.2. The SMILES string of the molecule is Cc1ccccc1Nc1c2c(nc3ncnn13)CCC2. The number of para-hydroxylation sites is 1. The molecule has 3 aromatic rings. The first-order valence-electron chi connectivity index (χ1n) is 6.87. The van der Waals surface area contributed by atoms with Crippen LogP contribution in [-0.2, 0) is 12.8 Å². The summed E-state index contributed by atoms with van der Waals surface area (Å²) in [4.78, 5) is 8.81. The van der Waals surface area contributed by atoms with Crippen LogP contribution in [0.15, 0.2) is 30.6 Å².